The van der Waals surface area contributed by atoms with Crippen molar-refractivity contribution in [3.05, 3.63) is 46.1 Å². The van der Waals surface area contributed by atoms with Gasteiger partial charge in [0.25, 0.3) is 0 Å². The minimum absolute atomic E-state index is 0.00109. The van der Waals surface area contributed by atoms with E-state index in [0.717, 1.165) is 11.3 Å². The van der Waals surface area contributed by atoms with Crippen molar-refractivity contribution in [2.24, 2.45) is 11.3 Å². The Bertz CT molecular complexity index is 1380. The van der Waals surface area contributed by atoms with Gasteiger partial charge in [-0.05, 0) is 44.0 Å². The van der Waals surface area contributed by atoms with Gasteiger partial charge in [0.1, 0.15) is 5.69 Å². The number of fused-ring (bicyclic) bond motifs is 1. The summed E-state index contributed by atoms with van der Waals surface area (Å²) in [6.45, 7) is 6.63. The van der Waals surface area contributed by atoms with Crippen LogP contribution < -0.4 is 0 Å². The number of nitrogens with zero attached hydrogens (tertiary/aromatic N) is 3. The average molecular weight is 506 g/mol. The number of carbonyl (C=O) groups excluding carboxylic acids is 2. The van der Waals surface area contributed by atoms with Crippen LogP contribution in [0.5, 0.6) is 0 Å². The number of aromatic carboxylic acids is 1. The van der Waals surface area contributed by atoms with Gasteiger partial charge in [0.05, 0.1) is 33.4 Å². The Hall–Kier alpha value is -3.34. The average Bonchev–Trinajstić information content (AvgIpc) is 3.27. The summed E-state index contributed by atoms with van der Waals surface area (Å²) >= 11 is 1.14. The number of carboxylic acid groups (broad SMARTS) is 1. The van der Waals surface area contributed by atoms with Gasteiger partial charge in [-0.25, -0.2) is 9.78 Å². The first-order valence-corrected chi connectivity index (χ1v) is 11.7. The van der Waals surface area contributed by atoms with Crippen LogP contribution in [0.4, 0.5) is 13.2 Å². The molecule has 11 heteroatoms. The summed E-state index contributed by atoms with van der Waals surface area (Å²) in [5.74, 6) is -2.43. The number of carboxylic acids is 1. The summed E-state index contributed by atoms with van der Waals surface area (Å²) in [5.41, 5.74) is -2.13. The molecule has 2 atom stereocenters. The molecule has 0 saturated carbocycles. The van der Waals surface area contributed by atoms with Gasteiger partial charge in [-0.3, -0.25) is 19.5 Å². The van der Waals surface area contributed by atoms with Crippen molar-refractivity contribution in [1.82, 2.24) is 14.9 Å². The number of alkyl halides is 3. The second kappa shape index (κ2) is 8.40. The third-order valence-corrected chi connectivity index (χ3v) is 7.96. The van der Waals surface area contributed by atoms with Gasteiger partial charge in [0, 0.05) is 22.6 Å². The van der Waals surface area contributed by atoms with Crippen LogP contribution in [0.25, 0.3) is 21.5 Å². The summed E-state index contributed by atoms with van der Waals surface area (Å²) in [5, 5.41) is 9.71. The van der Waals surface area contributed by atoms with Crippen LogP contribution in [-0.2, 0) is 22.3 Å². The molecule has 0 radical (unpaired) electrons. The zero-order valence-corrected chi connectivity index (χ0v) is 20.2. The molecule has 1 fully saturated rings. The SMILES string of the molecule is CCC1(C)C(=O)N(Cc2cc3nccc(-c4nc(C(F)(F)F)cc(C)c4C(=O)O)c3s2)C(=O)C1C. The number of hydrogen-bond acceptors (Lipinski definition) is 6. The number of pyridine rings is 2. The highest BCUT2D eigenvalue weighted by atomic mass is 32.1. The maximum atomic E-state index is 13.4. The monoisotopic (exact) mass is 505 g/mol. The highest BCUT2D eigenvalue weighted by Gasteiger charge is 2.52. The first-order valence-electron chi connectivity index (χ1n) is 10.8. The molecule has 2 amide bonds. The molecule has 3 aromatic rings. The van der Waals surface area contributed by atoms with E-state index in [2.05, 4.69) is 9.97 Å². The van der Waals surface area contributed by atoms with Crippen molar-refractivity contribution >= 4 is 39.3 Å². The molecule has 0 aromatic carbocycles. The van der Waals surface area contributed by atoms with E-state index in [4.69, 9.17) is 0 Å². The van der Waals surface area contributed by atoms with E-state index in [1.165, 1.54) is 24.1 Å². The Morgan fingerprint density at radius 3 is 2.54 bits per heavy atom. The molecule has 35 heavy (non-hydrogen) atoms. The van der Waals surface area contributed by atoms with Crippen molar-refractivity contribution in [2.75, 3.05) is 0 Å². The number of aromatic nitrogens is 2. The van der Waals surface area contributed by atoms with Crippen LogP contribution in [0.15, 0.2) is 24.4 Å². The maximum Gasteiger partial charge on any atom is 0.433 e. The number of carbonyl (C=O) groups is 3. The lowest BCUT2D eigenvalue weighted by molar-refractivity contribution is -0.142. The topological polar surface area (TPSA) is 100 Å². The van der Waals surface area contributed by atoms with E-state index in [0.29, 0.717) is 27.6 Å². The Morgan fingerprint density at radius 1 is 1.29 bits per heavy atom. The highest BCUT2D eigenvalue weighted by Crippen LogP contribution is 2.43. The molecular formula is C24H22F3N3O4S. The fourth-order valence-electron chi connectivity index (χ4n) is 4.40. The molecule has 2 unspecified atom stereocenters. The fourth-order valence-corrected chi connectivity index (χ4v) is 5.51. The molecule has 4 rings (SSSR count). The van der Waals surface area contributed by atoms with Crippen LogP contribution in [0, 0.1) is 18.3 Å². The normalized spacial score (nSPS) is 20.8. The van der Waals surface area contributed by atoms with E-state index >= 15 is 0 Å². The zero-order valence-electron chi connectivity index (χ0n) is 19.4. The molecule has 1 N–H and O–H groups in total. The van der Waals surface area contributed by atoms with Crippen molar-refractivity contribution in [3.8, 4) is 11.3 Å². The number of rotatable bonds is 5. The number of halogens is 3. The summed E-state index contributed by atoms with van der Waals surface area (Å²) in [6, 6.07) is 3.78. The molecule has 0 aliphatic carbocycles. The zero-order chi connectivity index (χ0) is 25.9. The smallest absolute Gasteiger partial charge is 0.433 e. The Morgan fingerprint density at radius 2 is 1.97 bits per heavy atom. The summed E-state index contributed by atoms with van der Waals surface area (Å²) in [6.07, 6.45) is -2.90. The Balaban J connectivity index is 1.83. The number of amides is 2. The fraction of sp³-hybridized carbons (Fsp3) is 0.375. The quantitative estimate of drug-likeness (QED) is 0.472. The van der Waals surface area contributed by atoms with Gasteiger partial charge < -0.3 is 5.11 Å². The van der Waals surface area contributed by atoms with Crippen molar-refractivity contribution < 1.29 is 32.7 Å². The Labute approximate surface area is 202 Å². The minimum Gasteiger partial charge on any atom is -0.478 e. The molecule has 1 aliphatic heterocycles. The second-order valence-corrected chi connectivity index (χ2v) is 10.00. The molecular weight excluding hydrogens is 483 g/mol. The van der Waals surface area contributed by atoms with Crippen LogP contribution in [0.3, 0.4) is 0 Å². The van der Waals surface area contributed by atoms with Gasteiger partial charge in [-0.2, -0.15) is 13.2 Å². The number of hydrogen-bond donors (Lipinski definition) is 1. The minimum atomic E-state index is -4.76. The lowest BCUT2D eigenvalue weighted by Crippen LogP contribution is -2.33. The van der Waals surface area contributed by atoms with Gasteiger partial charge in [-0.15, -0.1) is 11.3 Å². The Kier molecular flexibility index (Phi) is 5.95. The molecule has 1 aliphatic rings. The first kappa shape index (κ1) is 24.8. The lowest BCUT2D eigenvalue weighted by atomic mass is 9.78. The maximum absolute atomic E-state index is 13.4. The number of thiophene rings is 1. The van der Waals surface area contributed by atoms with Crippen molar-refractivity contribution in [3.63, 3.8) is 0 Å². The van der Waals surface area contributed by atoms with Crippen LogP contribution in [0.2, 0.25) is 0 Å². The molecule has 1 saturated heterocycles. The van der Waals surface area contributed by atoms with Gasteiger partial charge in [0.15, 0.2) is 0 Å². The highest BCUT2D eigenvalue weighted by molar-refractivity contribution is 7.19. The van der Waals surface area contributed by atoms with Crippen LogP contribution in [-0.4, -0.2) is 37.8 Å². The summed E-state index contributed by atoms with van der Waals surface area (Å²) in [4.78, 5) is 47.4. The summed E-state index contributed by atoms with van der Waals surface area (Å²) < 4.78 is 40.8. The number of likely N-dealkylation sites (tertiary alicyclic amines) is 1. The molecule has 3 aromatic heterocycles. The van der Waals surface area contributed by atoms with Crippen molar-refractivity contribution in [1.29, 1.82) is 0 Å². The number of imide groups is 1. The molecule has 4 heterocycles. The van der Waals surface area contributed by atoms with Crippen molar-refractivity contribution in [2.45, 2.75) is 46.8 Å². The third kappa shape index (κ3) is 3.97. The van der Waals surface area contributed by atoms with E-state index in [1.807, 2.05) is 6.92 Å². The van der Waals surface area contributed by atoms with E-state index in [-0.39, 0.29) is 40.7 Å². The number of aryl methyl sites for hydroxylation is 1. The third-order valence-electron chi connectivity index (χ3n) is 6.81. The van der Waals surface area contributed by atoms with Gasteiger partial charge >= 0.3 is 12.1 Å². The molecule has 0 bridgehead atoms. The van der Waals surface area contributed by atoms with Gasteiger partial charge in [-0.1, -0.05) is 13.8 Å². The standard InChI is InChI=1S/C24H22F3N3O4S/c1-5-23(4)12(3)20(31)30(22(23)34)10-13-9-15-19(35-13)14(6-7-28-15)18-17(21(32)33)11(2)8-16(29-18)24(25,26)27/h6-9,12H,5,10H2,1-4H3,(H,32,33). The largest absolute Gasteiger partial charge is 0.478 e. The summed E-state index contributed by atoms with van der Waals surface area (Å²) in [7, 11) is 0. The van der Waals surface area contributed by atoms with Gasteiger partial charge in [0.2, 0.25) is 11.8 Å². The molecule has 7 nitrogen and oxygen atoms in total. The van der Waals surface area contributed by atoms with E-state index in [1.54, 1.807) is 19.9 Å². The van der Waals surface area contributed by atoms with Crippen LogP contribution in [0.1, 0.15) is 53.7 Å². The van der Waals surface area contributed by atoms with Crippen LogP contribution >= 0.6 is 11.3 Å². The van der Waals surface area contributed by atoms with E-state index < -0.39 is 29.2 Å². The van der Waals surface area contributed by atoms with E-state index in [9.17, 15) is 32.7 Å². The molecule has 0 spiro atoms. The predicted octanol–water partition coefficient (Wildman–Crippen LogP) is 5.30. The lowest BCUT2D eigenvalue weighted by Gasteiger charge is -2.22. The predicted molar refractivity (Wildman–Crippen MR) is 123 cm³/mol. The molecule has 184 valence electrons. The first-order chi connectivity index (χ1) is 16.3. The second-order valence-electron chi connectivity index (χ2n) is 8.86.